The first-order valence-electron chi connectivity index (χ1n) is 5.31. The molecule has 0 unspecified atom stereocenters. The first-order valence-corrected chi connectivity index (χ1v) is 6.98. The second kappa shape index (κ2) is 5.56. The van der Waals surface area contributed by atoms with Gasteiger partial charge in [-0.3, -0.25) is 0 Å². The molecule has 2 rings (SSSR count). The van der Waals surface area contributed by atoms with Crippen molar-refractivity contribution in [3.63, 3.8) is 0 Å². The molecule has 0 radical (unpaired) electrons. The van der Waals surface area contributed by atoms with Gasteiger partial charge in [-0.05, 0) is 52.0 Å². The van der Waals surface area contributed by atoms with Crippen LogP contribution in [0.2, 0.25) is 0 Å². The maximum absolute atomic E-state index is 5.36. The van der Waals surface area contributed by atoms with E-state index in [0.29, 0.717) is 0 Å². The van der Waals surface area contributed by atoms with Crippen molar-refractivity contribution in [1.29, 1.82) is 0 Å². The van der Waals surface area contributed by atoms with Crippen molar-refractivity contribution < 1.29 is 4.74 Å². The van der Waals surface area contributed by atoms with Crippen molar-refractivity contribution in [2.45, 2.75) is 13.5 Å². The van der Waals surface area contributed by atoms with Gasteiger partial charge >= 0.3 is 0 Å². The quantitative estimate of drug-likeness (QED) is 0.901. The zero-order chi connectivity index (χ0) is 12.3. The maximum Gasteiger partial charge on any atom is 0.142 e. The van der Waals surface area contributed by atoms with Gasteiger partial charge in [0.2, 0.25) is 0 Å². The molecule has 0 aliphatic rings. The molecule has 1 aromatic carbocycles. The Labute approximate surface area is 114 Å². The molecule has 0 aliphatic heterocycles. The SMILES string of the molecule is COc1cc(C)ccc1NCc1sccc1Br. The standard InChI is InChI=1S/C13H14BrNOS/c1-9-3-4-11(12(7-9)16-2)15-8-13-10(14)5-6-17-13/h3-7,15H,8H2,1-2H3. The summed E-state index contributed by atoms with van der Waals surface area (Å²) in [4.78, 5) is 1.28. The summed E-state index contributed by atoms with van der Waals surface area (Å²) in [6, 6.07) is 8.23. The van der Waals surface area contributed by atoms with Gasteiger partial charge in [0, 0.05) is 9.35 Å². The maximum atomic E-state index is 5.36. The van der Waals surface area contributed by atoms with E-state index >= 15 is 0 Å². The Kier molecular flexibility index (Phi) is 4.07. The molecule has 0 amide bonds. The average molecular weight is 312 g/mol. The van der Waals surface area contributed by atoms with Crippen molar-refractivity contribution in [3.05, 3.63) is 44.6 Å². The van der Waals surface area contributed by atoms with Crippen LogP contribution in [0.1, 0.15) is 10.4 Å². The molecule has 17 heavy (non-hydrogen) atoms. The van der Waals surface area contributed by atoms with Crippen LogP contribution in [0.3, 0.4) is 0 Å². The third kappa shape index (κ3) is 3.01. The van der Waals surface area contributed by atoms with E-state index in [4.69, 9.17) is 4.74 Å². The highest BCUT2D eigenvalue weighted by molar-refractivity contribution is 9.10. The van der Waals surface area contributed by atoms with Gasteiger partial charge in [0.05, 0.1) is 19.3 Å². The number of rotatable bonds is 4. The van der Waals surface area contributed by atoms with E-state index < -0.39 is 0 Å². The van der Waals surface area contributed by atoms with Crippen molar-refractivity contribution >= 4 is 33.0 Å². The molecule has 0 fully saturated rings. The van der Waals surface area contributed by atoms with Crippen LogP contribution in [0.25, 0.3) is 0 Å². The molecule has 0 saturated heterocycles. The Morgan fingerprint density at radius 3 is 2.82 bits per heavy atom. The molecule has 2 nitrogen and oxygen atoms in total. The summed E-state index contributed by atoms with van der Waals surface area (Å²) in [6.07, 6.45) is 0. The Morgan fingerprint density at radius 2 is 2.18 bits per heavy atom. The topological polar surface area (TPSA) is 21.3 Å². The summed E-state index contributed by atoms with van der Waals surface area (Å²) >= 11 is 5.26. The fourth-order valence-corrected chi connectivity index (χ4v) is 3.00. The number of methoxy groups -OCH3 is 1. The minimum atomic E-state index is 0.803. The lowest BCUT2D eigenvalue weighted by Gasteiger charge is -2.11. The van der Waals surface area contributed by atoms with E-state index in [1.165, 1.54) is 10.4 Å². The minimum Gasteiger partial charge on any atom is -0.495 e. The highest BCUT2D eigenvalue weighted by atomic mass is 79.9. The van der Waals surface area contributed by atoms with Gasteiger partial charge in [0.1, 0.15) is 5.75 Å². The van der Waals surface area contributed by atoms with Gasteiger partial charge in [-0.1, -0.05) is 6.07 Å². The van der Waals surface area contributed by atoms with Crippen molar-refractivity contribution in [1.82, 2.24) is 0 Å². The molecule has 1 N–H and O–H groups in total. The molecule has 0 atom stereocenters. The number of halogens is 1. The van der Waals surface area contributed by atoms with Crippen molar-refractivity contribution in [2.24, 2.45) is 0 Å². The smallest absolute Gasteiger partial charge is 0.142 e. The van der Waals surface area contributed by atoms with Crippen LogP contribution in [0.5, 0.6) is 5.75 Å². The van der Waals surface area contributed by atoms with Crippen molar-refractivity contribution in [3.8, 4) is 5.75 Å². The predicted octanol–water partition coefficient (Wildman–Crippen LogP) is 4.44. The number of hydrogen-bond acceptors (Lipinski definition) is 3. The number of benzene rings is 1. The summed E-state index contributed by atoms with van der Waals surface area (Å²) in [7, 11) is 1.70. The Balaban J connectivity index is 2.11. The van der Waals surface area contributed by atoms with Crippen LogP contribution in [-0.4, -0.2) is 7.11 Å². The first kappa shape index (κ1) is 12.5. The van der Waals surface area contributed by atoms with Gasteiger partial charge in [-0.15, -0.1) is 11.3 Å². The normalized spacial score (nSPS) is 10.3. The molecule has 4 heteroatoms. The summed E-state index contributed by atoms with van der Waals surface area (Å²) in [5.41, 5.74) is 2.23. The molecule has 0 spiro atoms. The molecular weight excluding hydrogens is 298 g/mol. The van der Waals surface area contributed by atoms with Crippen LogP contribution in [0, 0.1) is 6.92 Å². The summed E-state index contributed by atoms with van der Waals surface area (Å²) in [6.45, 7) is 2.86. The second-order valence-corrected chi connectivity index (χ2v) is 5.60. The van der Waals surface area contributed by atoms with E-state index in [0.717, 1.165) is 22.5 Å². The third-order valence-electron chi connectivity index (χ3n) is 2.49. The predicted molar refractivity (Wildman–Crippen MR) is 77.1 cm³/mol. The van der Waals surface area contributed by atoms with Gasteiger partial charge in [-0.25, -0.2) is 0 Å². The van der Waals surface area contributed by atoms with E-state index in [-0.39, 0.29) is 0 Å². The van der Waals surface area contributed by atoms with E-state index in [1.807, 2.05) is 6.07 Å². The molecule has 2 aromatic rings. The van der Waals surface area contributed by atoms with Gasteiger partial charge in [0.15, 0.2) is 0 Å². The van der Waals surface area contributed by atoms with Gasteiger partial charge in [-0.2, -0.15) is 0 Å². The zero-order valence-corrected chi connectivity index (χ0v) is 12.2. The molecular formula is C13H14BrNOS. The average Bonchev–Trinajstić information content (AvgIpc) is 2.73. The Bertz CT molecular complexity index is 510. The molecule has 90 valence electrons. The van der Waals surface area contributed by atoms with Crippen LogP contribution >= 0.6 is 27.3 Å². The molecule has 1 heterocycles. The van der Waals surface area contributed by atoms with Gasteiger partial charge in [0.25, 0.3) is 0 Å². The fourth-order valence-electron chi connectivity index (χ4n) is 1.57. The minimum absolute atomic E-state index is 0.803. The van der Waals surface area contributed by atoms with Crippen LogP contribution < -0.4 is 10.1 Å². The number of anilines is 1. The summed E-state index contributed by atoms with van der Waals surface area (Å²) < 4.78 is 6.51. The highest BCUT2D eigenvalue weighted by Crippen LogP contribution is 2.28. The van der Waals surface area contributed by atoms with Crippen LogP contribution in [0.4, 0.5) is 5.69 Å². The second-order valence-electron chi connectivity index (χ2n) is 3.75. The third-order valence-corrected chi connectivity index (χ3v) is 4.41. The fraction of sp³-hybridized carbons (Fsp3) is 0.231. The van der Waals surface area contributed by atoms with E-state index in [1.54, 1.807) is 18.4 Å². The number of hydrogen-bond donors (Lipinski definition) is 1. The van der Waals surface area contributed by atoms with E-state index in [9.17, 15) is 0 Å². The highest BCUT2D eigenvalue weighted by Gasteiger charge is 2.05. The lowest BCUT2D eigenvalue weighted by molar-refractivity contribution is 0.416. The molecule has 0 saturated carbocycles. The lowest BCUT2D eigenvalue weighted by atomic mass is 10.2. The Morgan fingerprint density at radius 1 is 1.35 bits per heavy atom. The number of nitrogens with one attached hydrogen (secondary N) is 1. The van der Waals surface area contributed by atoms with E-state index in [2.05, 4.69) is 51.7 Å². The number of aryl methyl sites for hydroxylation is 1. The Hall–Kier alpha value is -1.00. The summed E-state index contributed by atoms with van der Waals surface area (Å²) in [5, 5.41) is 5.47. The number of ether oxygens (including phenoxy) is 1. The van der Waals surface area contributed by atoms with Crippen molar-refractivity contribution in [2.75, 3.05) is 12.4 Å². The largest absolute Gasteiger partial charge is 0.495 e. The summed E-state index contributed by atoms with van der Waals surface area (Å²) in [5.74, 6) is 0.887. The monoisotopic (exact) mass is 311 g/mol. The zero-order valence-electron chi connectivity index (χ0n) is 9.79. The molecule has 0 aliphatic carbocycles. The van der Waals surface area contributed by atoms with Gasteiger partial charge < -0.3 is 10.1 Å². The molecule has 1 aromatic heterocycles. The molecule has 0 bridgehead atoms. The number of thiophene rings is 1. The van der Waals surface area contributed by atoms with Crippen LogP contribution in [-0.2, 0) is 6.54 Å². The first-order chi connectivity index (χ1) is 8.20. The lowest BCUT2D eigenvalue weighted by Crippen LogP contribution is -2.00. The van der Waals surface area contributed by atoms with Crippen LogP contribution in [0.15, 0.2) is 34.1 Å².